The van der Waals surface area contributed by atoms with E-state index in [-0.39, 0.29) is 5.92 Å². The third-order valence-electron chi connectivity index (χ3n) is 4.59. The average Bonchev–Trinajstić information content (AvgIpc) is 2.48. The number of para-hydroxylation sites is 1. The number of benzene rings is 2. The lowest BCUT2D eigenvalue weighted by Gasteiger charge is -2.47. The molecule has 0 heterocycles. The smallest absolute Gasteiger partial charge is 0.314 e. The van der Waals surface area contributed by atoms with Crippen molar-refractivity contribution >= 4 is 5.97 Å². The molecule has 0 saturated heterocycles. The Bertz CT molecular complexity index is 651. The SMILES string of the molecule is COc1ccccc1C1(C(=O)O)CCC1c1ccccc1. The first-order valence-corrected chi connectivity index (χ1v) is 7.12. The number of rotatable bonds is 4. The lowest BCUT2D eigenvalue weighted by molar-refractivity contribution is -0.149. The quantitative estimate of drug-likeness (QED) is 0.932. The molecule has 21 heavy (non-hydrogen) atoms. The number of carbonyl (C=O) groups is 1. The molecule has 0 spiro atoms. The number of hydrogen-bond acceptors (Lipinski definition) is 2. The minimum Gasteiger partial charge on any atom is -0.496 e. The first-order chi connectivity index (χ1) is 10.2. The number of methoxy groups -OCH3 is 1. The zero-order valence-corrected chi connectivity index (χ0v) is 12.0. The van der Waals surface area contributed by atoms with Gasteiger partial charge in [-0.2, -0.15) is 0 Å². The molecule has 0 bridgehead atoms. The minimum absolute atomic E-state index is 0.00694. The van der Waals surface area contributed by atoms with Crippen molar-refractivity contribution in [2.24, 2.45) is 0 Å². The Morgan fingerprint density at radius 3 is 2.38 bits per heavy atom. The second kappa shape index (κ2) is 5.24. The van der Waals surface area contributed by atoms with E-state index >= 15 is 0 Å². The molecule has 3 rings (SSSR count). The molecular formula is C18H18O3. The lowest BCUT2D eigenvalue weighted by Crippen LogP contribution is -2.49. The molecule has 0 amide bonds. The summed E-state index contributed by atoms with van der Waals surface area (Å²) in [5.74, 6) is -0.125. The van der Waals surface area contributed by atoms with E-state index in [2.05, 4.69) is 0 Å². The van der Waals surface area contributed by atoms with Crippen LogP contribution in [0, 0.1) is 0 Å². The summed E-state index contributed by atoms with van der Waals surface area (Å²) >= 11 is 0. The van der Waals surface area contributed by atoms with Gasteiger partial charge < -0.3 is 9.84 Å². The number of hydrogen-bond donors (Lipinski definition) is 1. The maximum absolute atomic E-state index is 12.1. The predicted octanol–water partition coefficient (Wildman–Crippen LogP) is 3.60. The highest BCUT2D eigenvalue weighted by Gasteiger charge is 2.55. The summed E-state index contributed by atoms with van der Waals surface area (Å²) in [6.07, 6.45) is 1.52. The van der Waals surface area contributed by atoms with Gasteiger partial charge in [-0.3, -0.25) is 4.79 Å². The first kappa shape index (κ1) is 13.7. The normalized spacial score (nSPS) is 24.1. The van der Waals surface area contributed by atoms with Crippen molar-refractivity contribution in [1.82, 2.24) is 0 Å². The zero-order valence-electron chi connectivity index (χ0n) is 12.0. The van der Waals surface area contributed by atoms with Crippen LogP contribution in [0.15, 0.2) is 54.6 Å². The van der Waals surface area contributed by atoms with Crippen molar-refractivity contribution < 1.29 is 14.6 Å². The molecule has 108 valence electrons. The monoisotopic (exact) mass is 282 g/mol. The predicted molar refractivity (Wildman–Crippen MR) is 80.7 cm³/mol. The number of aliphatic carboxylic acids is 1. The van der Waals surface area contributed by atoms with Gasteiger partial charge in [-0.1, -0.05) is 48.5 Å². The van der Waals surface area contributed by atoms with Crippen LogP contribution in [0.4, 0.5) is 0 Å². The highest BCUT2D eigenvalue weighted by atomic mass is 16.5. The van der Waals surface area contributed by atoms with Gasteiger partial charge in [-0.25, -0.2) is 0 Å². The Hall–Kier alpha value is -2.29. The largest absolute Gasteiger partial charge is 0.496 e. The lowest BCUT2D eigenvalue weighted by atomic mass is 9.54. The topological polar surface area (TPSA) is 46.5 Å². The summed E-state index contributed by atoms with van der Waals surface area (Å²) in [7, 11) is 1.59. The van der Waals surface area contributed by atoms with E-state index in [9.17, 15) is 9.90 Å². The summed E-state index contributed by atoms with van der Waals surface area (Å²) in [6, 6.07) is 17.4. The van der Waals surface area contributed by atoms with Crippen molar-refractivity contribution in [3.63, 3.8) is 0 Å². The van der Waals surface area contributed by atoms with Crippen LogP contribution in [0.5, 0.6) is 5.75 Å². The van der Waals surface area contributed by atoms with Crippen LogP contribution in [0.1, 0.15) is 29.9 Å². The van der Waals surface area contributed by atoms with Crippen molar-refractivity contribution in [2.75, 3.05) is 7.11 Å². The molecule has 1 aliphatic rings. The van der Waals surface area contributed by atoms with Crippen LogP contribution in [-0.4, -0.2) is 18.2 Å². The van der Waals surface area contributed by atoms with Gasteiger partial charge in [0.1, 0.15) is 11.2 Å². The van der Waals surface area contributed by atoms with Crippen molar-refractivity contribution in [1.29, 1.82) is 0 Å². The van der Waals surface area contributed by atoms with Gasteiger partial charge in [-0.05, 0) is 24.5 Å². The Morgan fingerprint density at radius 1 is 1.14 bits per heavy atom. The number of ether oxygens (including phenoxy) is 1. The van der Waals surface area contributed by atoms with E-state index in [0.29, 0.717) is 12.2 Å². The van der Waals surface area contributed by atoms with Crippen LogP contribution < -0.4 is 4.74 Å². The molecule has 3 heteroatoms. The van der Waals surface area contributed by atoms with E-state index < -0.39 is 11.4 Å². The maximum atomic E-state index is 12.1. The molecule has 2 unspecified atom stereocenters. The fourth-order valence-corrected chi connectivity index (χ4v) is 3.42. The van der Waals surface area contributed by atoms with E-state index in [0.717, 1.165) is 17.5 Å². The van der Waals surface area contributed by atoms with Gasteiger partial charge in [0, 0.05) is 11.5 Å². The van der Waals surface area contributed by atoms with Crippen LogP contribution in [-0.2, 0) is 10.2 Å². The summed E-state index contributed by atoms with van der Waals surface area (Å²) < 4.78 is 5.40. The highest BCUT2D eigenvalue weighted by Crippen LogP contribution is 2.56. The first-order valence-electron chi connectivity index (χ1n) is 7.12. The molecule has 1 N–H and O–H groups in total. The van der Waals surface area contributed by atoms with E-state index in [1.807, 2.05) is 54.6 Å². The fourth-order valence-electron chi connectivity index (χ4n) is 3.42. The van der Waals surface area contributed by atoms with Crippen LogP contribution >= 0.6 is 0 Å². The van der Waals surface area contributed by atoms with Gasteiger partial charge in [0.25, 0.3) is 0 Å². The second-order valence-corrected chi connectivity index (χ2v) is 5.48. The molecule has 1 aliphatic carbocycles. The van der Waals surface area contributed by atoms with Crippen LogP contribution in [0.25, 0.3) is 0 Å². The van der Waals surface area contributed by atoms with Crippen molar-refractivity contribution in [2.45, 2.75) is 24.2 Å². The number of carboxylic acids is 1. The summed E-state index contributed by atoms with van der Waals surface area (Å²) in [5.41, 5.74) is 0.977. The zero-order chi connectivity index (χ0) is 14.9. The van der Waals surface area contributed by atoms with Crippen LogP contribution in [0.3, 0.4) is 0 Å². The van der Waals surface area contributed by atoms with Crippen LogP contribution in [0.2, 0.25) is 0 Å². The Balaban J connectivity index is 2.12. The van der Waals surface area contributed by atoms with E-state index in [1.54, 1.807) is 7.11 Å². The van der Waals surface area contributed by atoms with Gasteiger partial charge in [0.15, 0.2) is 0 Å². The Kier molecular flexibility index (Phi) is 3.42. The molecule has 0 radical (unpaired) electrons. The highest BCUT2D eigenvalue weighted by molar-refractivity contribution is 5.85. The Labute approximate surface area is 124 Å². The van der Waals surface area contributed by atoms with Gasteiger partial charge >= 0.3 is 5.97 Å². The molecule has 0 aromatic heterocycles. The maximum Gasteiger partial charge on any atom is 0.314 e. The van der Waals surface area contributed by atoms with E-state index in [1.165, 1.54) is 0 Å². The van der Waals surface area contributed by atoms with Crippen molar-refractivity contribution in [3.8, 4) is 5.75 Å². The molecule has 3 nitrogen and oxygen atoms in total. The molecule has 1 saturated carbocycles. The van der Waals surface area contributed by atoms with Gasteiger partial charge in [0.05, 0.1) is 7.11 Å². The average molecular weight is 282 g/mol. The van der Waals surface area contributed by atoms with Gasteiger partial charge in [-0.15, -0.1) is 0 Å². The fraction of sp³-hybridized carbons (Fsp3) is 0.278. The molecule has 2 aromatic rings. The molecule has 0 aliphatic heterocycles. The molecule has 2 aromatic carbocycles. The molecule has 1 fully saturated rings. The summed E-state index contributed by atoms with van der Waals surface area (Å²) in [5, 5.41) is 9.93. The molecule has 2 atom stereocenters. The van der Waals surface area contributed by atoms with E-state index in [4.69, 9.17) is 4.74 Å². The van der Waals surface area contributed by atoms with Gasteiger partial charge in [0.2, 0.25) is 0 Å². The second-order valence-electron chi connectivity index (χ2n) is 5.48. The third-order valence-corrected chi connectivity index (χ3v) is 4.59. The third kappa shape index (κ3) is 2.00. The van der Waals surface area contributed by atoms with Crippen molar-refractivity contribution in [3.05, 3.63) is 65.7 Å². The Morgan fingerprint density at radius 2 is 1.81 bits per heavy atom. The number of carboxylic acid groups (broad SMARTS) is 1. The minimum atomic E-state index is -0.881. The standard InChI is InChI=1S/C18H18O3/c1-21-16-10-6-5-9-15(16)18(17(19)20)12-11-14(18)13-7-3-2-4-8-13/h2-10,14H,11-12H2,1H3,(H,19,20). The summed E-state index contributed by atoms with van der Waals surface area (Å²) in [4.78, 5) is 12.1. The summed E-state index contributed by atoms with van der Waals surface area (Å²) in [6.45, 7) is 0. The molecular weight excluding hydrogens is 264 g/mol.